The van der Waals surface area contributed by atoms with Crippen LogP contribution in [0.2, 0.25) is 0 Å². The van der Waals surface area contributed by atoms with Crippen molar-refractivity contribution >= 4 is 39.1 Å². The smallest absolute Gasteiger partial charge is 0.259 e. The number of rotatable bonds is 8. The zero-order chi connectivity index (χ0) is 20.1. The first-order valence-corrected chi connectivity index (χ1v) is 9.92. The van der Waals surface area contributed by atoms with Crippen LogP contribution in [0.15, 0.2) is 40.9 Å². The third kappa shape index (κ3) is 5.11. The third-order valence-electron chi connectivity index (χ3n) is 4.52. The van der Waals surface area contributed by atoms with Gasteiger partial charge in [-0.25, -0.2) is 0 Å². The van der Waals surface area contributed by atoms with Crippen molar-refractivity contribution in [1.29, 1.82) is 0 Å². The standard InChI is InChI=1S/C21H23BrN2O4/c1-13-17(23-20(25)14-6-7-14)4-3-5-18(13)24-21(26)16-12-15(22)8-9-19(16)28-11-10-27-2/h3-5,8-9,12,14H,6-7,10-11H2,1-2H3,(H,23,25)(H,24,26). The molecule has 0 radical (unpaired) electrons. The topological polar surface area (TPSA) is 76.7 Å². The van der Waals surface area contributed by atoms with Gasteiger partial charge in [-0.05, 0) is 55.7 Å². The van der Waals surface area contributed by atoms with Gasteiger partial charge < -0.3 is 20.1 Å². The van der Waals surface area contributed by atoms with E-state index in [0.29, 0.717) is 35.9 Å². The van der Waals surface area contributed by atoms with Crippen molar-refractivity contribution in [2.45, 2.75) is 19.8 Å². The molecular weight excluding hydrogens is 424 g/mol. The molecule has 2 aromatic rings. The van der Waals surface area contributed by atoms with Crippen molar-refractivity contribution in [3.05, 3.63) is 52.0 Å². The van der Waals surface area contributed by atoms with Gasteiger partial charge in [0.05, 0.1) is 12.2 Å². The molecule has 2 amide bonds. The van der Waals surface area contributed by atoms with Crippen LogP contribution >= 0.6 is 15.9 Å². The van der Waals surface area contributed by atoms with E-state index in [1.807, 2.05) is 31.2 Å². The lowest BCUT2D eigenvalue weighted by Gasteiger charge is -2.15. The Bertz CT molecular complexity index is 881. The number of benzene rings is 2. The molecule has 6 nitrogen and oxygen atoms in total. The van der Waals surface area contributed by atoms with Crippen LogP contribution in [0.5, 0.6) is 5.75 Å². The highest BCUT2D eigenvalue weighted by Gasteiger charge is 2.30. The first-order valence-electron chi connectivity index (χ1n) is 9.12. The maximum Gasteiger partial charge on any atom is 0.259 e. The summed E-state index contributed by atoms with van der Waals surface area (Å²) < 4.78 is 11.4. The summed E-state index contributed by atoms with van der Waals surface area (Å²) >= 11 is 3.40. The molecule has 28 heavy (non-hydrogen) atoms. The van der Waals surface area contributed by atoms with E-state index in [9.17, 15) is 9.59 Å². The van der Waals surface area contributed by atoms with E-state index in [2.05, 4.69) is 26.6 Å². The van der Waals surface area contributed by atoms with Gasteiger partial charge in [-0.3, -0.25) is 9.59 Å². The van der Waals surface area contributed by atoms with Crippen molar-refractivity contribution < 1.29 is 19.1 Å². The Kier molecular flexibility index (Phi) is 6.70. The third-order valence-corrected chi connectivity index (χ3v) is 5.01. The summed E-state index contributed by atoms with van der Waals surface area (Å²) in [6.45, 7) is 2.65. The number of ether oxygens (including phenoxy) is 2. The minimum Gasteiger partial charge on any atom is -0.490 e. The monoisotopic (exact) mass is 446 g/mol. The Morgan fingerprint density at radius 1 is 1.11 bits per heavy atom. The van der Waals surface area contributed by atoms with Crippen molar-refractivity contribution in [2.75, 3.05) is 31.0 Å². The zero-order valence-corrected chi connectivity index (χ0v) is 17.5. The fourth-order valence-electron chi connectivity index (χ4n) is 2.72. The summed E-state index contributed by atoms with van der Waals surface area (Å²) in [7, 11) is 1.59. The van der Waals surface area contributed by atoms with Gasteiger partial charge in [0.25, 0.3) is 5.91 Å². The first kappa shape index (κ1) is 20.4. The normalized spacial score (nSPS) is 13.1. The van der Waals surface area contributed by atoms with Crippen LogP contribution in [0.1, 0.15) is 28.8 Å². The van der Waals surface area contributed by atoms with Crippen molar-refractivity contribution in [3.63, 3.8) is 0 Å². The maximum absolute atomic E-state index is 12.9. The van der Waals surface area contributed by atoms with Crippen LogP contribution in [0.3, 0.4) is 0 Å². The van der Waals surface area contributed by atoms with Gasteiger partial charge in [-0.15, -0.1) is 0 Å². The number of carbonyl (C=O) groups excluding carboxylic acids is 2. The molecule has 1 aliphatic carbocycles. The minimum atomic E-state index is -0.289. The summed E-state index contributed by atoms with van der Waals surface area (Å²) in [4.78, 5) is 25.0. The molecule has 0 spiro atoms. The molecule has 3 rings (SSSR count). The SMILES string of the molecule is COCCOc1ccc(Br)cc1C(=O)Nc1cccc(NC(=O)C2CC2)c1C. The molecule has 0 aromatic heterocycles. The lowest BCUT2D eigenvalue weighted by molar-refractivity contribution is -0.117. The molecule has 2 N–H and O–H groups in total. The van der Waals surface area contributed by atoms with Crippen molar-refractivity contribution in [1.82, 2.24) is 0 Å². The lowest BCUT2D eigenvalue weighted by Crippen LogP contribution is -2.17. The highest BCUT2D eigenvalue weighted by Crippen LogP contribution is 2.32. The predicted octanol–water partition coefficient (Wildman–Crippen LogP) is 4.38. The van der Waals surface area contributed by atoms with Crippen LogP contribution < -0.4 is 15.4 Å². The van der Waals surface area contributed by atoms with E-state index in [0.717, 1.165) is 22.9 Å². The molecule has 148 valence electrons. The van der Waals surface area contributed by atoms with Gasteiger partial charge in [-0.1, -0.05) is 22.0 Å². The summed E-state index contributed by atoms with van der Waals surface area (Å²) in [5.41, 5.74) is 2.57. The second kappa shape index (κ2) is 9.21. The van der Waals surface area contributed by atoms with Gasteiger partial charge >= 0.3 is 0 Å². The van der Waals surface area contributed by atoms with Gasteiger partial charge in [0, 0.05) is 28.9 Å². The summed E-state index contributed by atoms with van der Waals surface area (Å²) in [5, 5.41) is 5.86. The molecule has 7 heteroatoms. The number of anilines is 2. The number of nitrogens with one attached hydrogen (secondary N) is 2. The van der Waals surface area contributed by atoms with Crippen LogP contribution in [-0.2, 0) is 9.53 Å². The van der Waals surface area contributed by atoms with Crippen LogP contribution in [0.4, 0.5) is 11.4 Å². The van der Waals surface area contributed by atoms with E-state index in [-0.39, 0.29) is 17.7 Å². The largest absolute Gasteiger partial charge is 0.490 e. The number of halogens is 1. The second-order valence-corrected chi connectivity index (χ2v) is 7.59. The van der Waals surface area contributed by atoms with E-state index < -0.39 is 0 Å². The second-order valence-electron chi connectivity index (χ2n) is 6.68. The summed E-state index contributed by atoms with van der Waals surface area (Å²) in [5.74, 6) is 0.342. The minimum absolute atomic E-state index is 0.0346. The molecule has 1 aliphatic rings. The molecule has 1 fully saturated rings. The number of hydrogen-bond donors (Lipinski definition) is 2. The fourth-order valence-corrected chi connectivity index (χ4v) is 3.08. The average molecular weight is 447 g/mol. The van der Waals surface area contributed by atoms with Gasteiger partial charge in [0.2, 0.25) is 5.91 Å². The Hall–Kier alpha value is -2.38. The van der Waals surface area contributed by atoms with Gasteiger partial charge in [-0.2, -0.15) is 0 Å². The number of carbonyl (C=O) groups is 2. The molecule has 0 unspecified atom stereocenters. The van der Waals surface area contributed by atoms with E-state index in [4.69, 9.17) is 9.47 Å². The zero-order valence-electron chi connectivity index (χ0n) is 15.9. The summed E-state index contributed by atoms with van der Waals surface area (Å²) in [6.07, 6.45) is 1.88. The molecule has 0 atom stereocenters. The molecule has 2 aromatic carbocycles. The Morgan fingerprint density at radius 3 is 2.50 bits per heavy atom. The lowest BCUT2D eigenvalue weighted by atomic mass is 10.1. The first-order chi connectivity index (χ1) is 13.5. The molecule has 0 aliphatic heterocycles. The summed E-state index contributed by atoms with van der Waals surface area (Å²) in [6, 6.07) is 10.7. The number of hydrogen-bond acceptors (Lipinski definition) is 4. The number of methoxy groups -OCH3 is 1. The molecule has 0 heterocycles. The van der Waals surface area contributed by atoms with E-state index in [1.54, 1.807) is 19.2 Å². The quantitative estimate of drug-likeness (QED) is 0.589. The molecule has 0 bridgehead atoms. The molecule has 1 saturated carbocycles. The van der Waals surface area contributed by atoms with E-state index >= 15 is 0 Å². The van der Waals surface area contributed by atoms with E-state index in [1.165, 1.54) is 0 Å². The predicted molar refractivity (Wildman–Crippen MR) is 112 cm³/mol. The maximum atomic E-state index is 12.9. The Labute approximate surface area is 172 Å². The van der Waals surface area contributed by atoms with Gasteiger partial charge in [0.15, 0.2) is 0 Å². The Morgan fingerprint density at radius 2 is 1.82 bits per heavy atom. The van der Waals surface area contributed by atoms with Crippen molar-refractivity contribution in [2.24, 2.45) is 5.92 Å². The van der Waals surface area contributed by atoms with Gasteiger partial charge in [0.1, 0.15) is 12.4 Å². The Balaban J connectivity index is 1.77. The van der Waals surface area contributed by atoms with Crippen LogP contribution in [-0.4, -0.2) is 32.1 Å². The number of amides is 2. The van der Waals surface area contributed by atoms with Crippen LogP contribution in [0.25, 0.3) is 0 Å². The highest BCUT2D eigenvalue weighted by molar-refractivity contribution is 9.10. The van der Waals surface area contributed by atoms with Crippen molar-refractivity contribution in [3.8, 4) is 5.75 Å². The fraction of sp³-hybridized carbons (Fsp3) is 0.333. The van der Waals surface area contributed by atoms with Crippen LogP contribution in [0, 0.1) is 12.8 Å². The molecule has 0 saturated heterocycles. The molecular formula is C21H23BrN2O4. The average Bonchev–Trinajstić information content (AvgIpc) is 3.51. The highest BCUT2D eigenvalue weighted by atomic mass is 79.9.